The molecule has 0 spiro atoms. The van der Waals surface area contributed by atoms with Gasteiger partial charge in [-0.1, -0.05) is 0 Å². The van der Waals surface area contributed by atoms with Crippen LogP contribution in [0.25, 0.3) is 0 Å². The van der Waals surface area contributed by atoms with Gasteiger partial charge in [0.1, 0.15) is 0 Å². The van der Waals surface area contributed by atoms with E-state index in [1.807, 2.05) is 13.2 Å². The maximum atomic E-state index is 12.1. The summed E-state index contributed by atoms with van der Waals surface area (Å²) in [6, 6.07) is 0. The van der Waals surface area contributed by atoms with E-state index in [4.69, 9.17) is 4.74 Å². The van der Waals surface area contributed by atoms with Crippen LogP contribution in [0.3, 0.4) is 0 Å². The predicted molar refractivity (Wildman–Crippen MR) is 79.6 cm³/mol. The molecule has 1 amide bonds. The molecule has 2 heterocycles. The lowest BCUT2D eigenvalue weighted by Gasteiger charge is -2.22. The number of amides is 1. The first-order chi connectivity index (χ1) is 10.4. The number of carbonyl (C=O) groups is 1. The standard InChI is InChI=1S/C14H21N3O4S/c1-17-8-10(7-15-17)12-6-13(12)14(18)16-22(19,20)9-11-4-2-3-5-21-11/h7-8,11-13H,2-6,9H2,1H3,(H,16,18)/t11-,12-,13-/m0/s1. The second-order valence-corrected chi connectivity index (χ2v) is 7.90. The van der Waals surface area contributed by atoms with Crippen molar-refractivity contribution in [2.75, 3.05) is 12.4 Å². The predicted octanol–water partition coefficient (Wildman–Crippen LogP) is 0.539. The molecule has 0 radical (unpaired) electrons. The third kappa shape index (κ3) is 3.67. The van der Waals surface area contributed by atoms with Crippen LogP contribution in [0.2, 0.25) is 0 Å². The van der Waals surface area contributed by atoms with Gasteiger partial charge in [0.2, 0.25) is 15.9 Å². The Morgan fingerprint density at radius 2 is 2.32 bits per heavy atom. The van der Waals surface area contributed by atoms with Gasteiger partial charge in [0.15, 0.2) is 0 Å². The number of aromatic nitrogens is 2. The summed E-state index contributed by atoms with van der Waals surface area (Å²) in [5, 5.41) is 4.07. The molecule has 1 aromatic rings. The van der Waals surface area contributed by atoms with Crippen LogP contribution in [-0.4, -0.2) is 42.6 Å². The second-order valence-electron chi connectivity index (χ2n) is 6.13. The highest BCUT2D eigenvalue weighted by atomic mass is 32.2. The van der Waals surface area contributed by atoms with Crippen molar-refractivity contribution in [2.24, 2.45) is 13.0 Å². The van der Waals surface area contributed by atoms with Crippen LogP contribution in [0.4, 0.5) is 0 Å². The van der Waals surface area contributed by atoms with Crippen LogP contribution in [0.15, 0.2) is 12.4 Å². The first-order valence-corrected chi connectivity index (χ1v) is 9.24. The van der Waals surface area contributed by atoms with Gasteiger partial charge < -0.3 is 4.74 Å². The molecular weight excluding hydrogens is 306 g/mol. The average Bonchev–Trinajstić information content (AvgIpc) is 3.14. The van der Waals surface area contributed by atoms with Crippen molar-refractivity contribution in [2.45, 2.75) is 37.7 Å². The first kappa shape index (κ1) is 15.5. The summed E-state index contributed by atoms with van der Waals surface area (Å²) in [7, 11) is -1.82. The van der Waals surface area contributed by atoms with E-state index >= 15 is 0 Å². The molecule has 3 rings (SSSR count). The van der Waals surface area contributed by atoms with Crippen molar-refractivity contribution in [3.05, 3.63) is 18.0 Å². The minimum atomic E-state index is -3.63. The van der Waals surface area contributed by atoms with E-state index < -0.39 is 15.9 Å². The van der Waals surface area contributed by atoms with Crippen LogP contribution in [-0.2, 0) is 26.6 Å². The molecule has 3 atom stereocenters. The smallest absolute Gasteiger partial charge is 0.237 e. The summed E-state index contributed by atoms with van der Waals surface area (Å²) < 4.78 is 33.4. The lowest BCUT2D eigenvalue weighted by Crippen LogP contribution is -2.39. The fourth-order valence-corrected chi connectivity index (χ4v) is 4.23. The van der Waals surface area contributed by atoms with Crippen molar-refractivity contribution in [3.8, 4) is 0 Å². The molecule has 2 fully saturated rings. The molecule has 22 heavy (non-hydrogen) atoms. The lowest BCUT2D eigenvalue weighted by molar-refractivity contribution is -0.120. The molecule has 7 nitrogen and oxygen atoms in total. The van der Waals surface area contributed by atoms with E-state index in [2.05, 4.69) is 9.82 Å². The van der Waals surface area contributed by atoms with E-state index in [0.29, 0.717) is 13.0 Å². The highest BCUT2D eigenvalue weighted by Crippen LogP contribution is 2.47. The molecule has 1 N–H and O–H groups in total. The Kier molecular flexibility index (Phi) is 4.22. The van der Waals surface area contributed by atoms with Gasteiger partial charge in [-0.25, -0.2) is 8.42 Å². The van der Waals surface area contributed by atoms with Gasteiger partial charge in [-0.2, -0.15) is 5.10 Å². The summed E-state index contributed by atoms with van der Waals surface area (Å²) in [6.45, 7) is 0.597. The monoisotopic (exact) mass is 327 g/mol. The maximum Gasteiger partial charge on any atom is 0.237 e. The molecule has 0 aromatic carbocycles. The number of ether oxygens (including phenoxy) is 1. The zero-order valence-corrected chi connectivity index (χ0v) is 13.4. The number of aryl methyl sites for hydroxylation is 1. The van der Waals surface area contributed by atoms with Gasteiger partial charge in [-0.15, -0.1) is 0 Å². The zero-order chi connectivity index (χ0) is 15.7. The molecule has 122 valence electrons. The Hall–Kier alpha value is -1.41. The van der Waals surface area contributed by atoms with Crippen molar-refractivity contribution in [1.82, 2.24) is 14.5 Å². The Balaban J connectivity index is 1.53. The van der Waals surface area contributed by atoms with E-state index in [0.717, 1.165) is 24.8 Å². The molecule has 0 bridgehead atoms. The molecule has 1 saturated carbocycles. The topological polar surface area (TPSA) is 90.3 Å². The average molecular weight is 327 g/mol. The SMILES string of the molecule is Cn1cc([C@@H]2C[C@@H]2C(=O)NS(=O)(=O)C[C@@H]2CCCCO2)cn1. The van der Waals surface area contributed by atoms with Gasteiger partial charge in [-0.05, 0) is 37.2 Å². The summed E-state index contributed by atoms with van der Waals surface area (Å²) in [4.78, 5) is 12.1. The molecule has 1 aliphatic carbocycles. The second kappa shape index (κ2) is 6.00. The van der Waals surface area contributed by atoms with Crippen LogP contribution in [0.1, 0.15) is 37.2 Å². The number of carbonyl (C=O) groups excluding carboxylic acids is 1. The molecular formula is C14H21N3O4S. The fraction of sp³-hybridized carbons (Fsp3) is 0.714. The van der Waals surface area contributed by atoms with Gasteiger partial charge in [0, 0.05) is 25.8 Å². The van der Waals surface area contributed by atoms with Crippen molar-refractivity contribution in [1.29, 1.82) is 0 Å². The van der Waals surface area contributed by atoms with E-state index in [1.165, 1.54) is 0 Å². The molecule has 0 unspecified atom stereocenters. The lowest BCUT2D eigenvalue weighted by atomic mass is 10.1. The van der Waals surface area contributed by atoms with Crippen LogP contribution in [0, 0.1) is 5.92 Å². The molecule has 2 aliphatic rings. The Bertz CT molecular complexity index is 649. The highest BCUT2D eigenvalue weighted by Gasteiger charge is 2.45. The molecule has 1 aromatic heterocycles. The third-order valence-corrected chi connectivity index (χ3v) is 5.54. The zero-order valence-electron chi connectivity index (χ0n) is 12.6. The third-order valence-electron chi connectivity index (χ3n) is 4.22. The molecule has 1 saturated heterocycles. The van der Waals surface area contributed by atoms with E-state index in [-0.39, 0.29) is 23.7 Å². The summed E-state index contributed by atoms with van der Waals surface area (Å²) in [6.07, 6.45) is 6.64. The van der Waals surface area contributed by atoms with Crippen LogP contribution in [0.5, 0.6) is 0 Å². The number of sulfonamides is 1. The summed E-state index contributed by atoms with van der Waals surface area (Å²) >= 11 is 0. The van der Waals surface area contributed by atoms with E-state index in [1.54, 1.807) is 10.9 Å². The van der Waals surface area contributed by atoms with Crippen LogP contribution >= 0.6 is 0 Å². The molecule has 1 aliphatic heterocycles. The normalized spacial score (nSPS) is 28.3. The summed E-state index contributed by atoms with van der Waals surface area (Å²) in [5.74, 6) is -0.742. The van der Waals surface area contributed by atoms with Gasteiger partial charge in [0.05, 0.1) is 18.1 Å². The van der Waals surface area contributed by atoms with Crippen molar-refractivity contribution < 1.29 is 17.9 Å². The quantitative estimate of drug-likeness (QED) is 0.852. The number of rotatable bonds is 5. The Morgan fingerprint density at radius 1 is 1.50 bits per heavy atom. The Labute approximate surface area is 130 Å². The maximum absolute atomic E-state index is 12.1. The van der Waals surface area contributed by atoms with Gasteiger partial charge in [-0.3, -0.25) is 14.2 Å². The number of nitrogens with one attached hydrogen (secondary N) is 1. The minimum Gasteiger partial charge on any atom is -0.377 e. The largest absolute Gasteiger partial charge is 0.377 e. The van der Waals surface area contributed by atoms with Gasteiger partial charge >= 0.3 is 0 Å². The first-order valence-electron chi connectivity index (χ1n) is 7.59. The van der Waals surface area contributed by atoms with Crippen molar-refractivity contribution in [3.63, 3.8) is 0 Å². The van der Waals surface area contributed by atoms with Gasteiger partial charge in [0.25, 0.3) is 0 Å². The highest BCUT2D eigenvalue weighted by molar-refractivity contribution is 7.90. The van der Waals surface area contributed by atoms with E-state index in [9.17, 15) is 13.2 Å². The number of hydrogen-bond acceptors (Lipinski definition) is 5. The Morgan fingerprint density at radius 3 is 2.95 bits per heavy atom. The fourth-order valence-electron chi connectivity index (χ4n) is 2.94. The number of nitrogens with zero attached hydrogens (tertiary/aromatic N) is 2. The number of hydrogen-bond donors (Lipinski definition) is 1. The van der Waals surface area contributed by atoms with Crippen molar-refractivity contribution >= 4 is 15.9 Å². The minimum absolute atomic E-state index is 0.0785. The molecule has 8 heteroatoms. The summed E-state index contributed by atoms with van der Waals surface area (Å²) in [5.41, 5.74) is 0.982. The van der Waals surface area contributed by atoms with Crippen LogP contribution < -0.4 is 4.72 Å².